The van der Waals surface area contributed by atoms with Gasteiger partial charge in [0.1, 0.15) is 18.9 Å². The van der Waals surface area contributed by atoms with Crippen LogP contribution in [0.2, 0.25) is 0 Å². The minimum atomic E-state index is -3.83. The molecule has 1 heterocycles. The van der Waals surface area contributed by atoms with E-state index in [1.54, 1.807) is 30.3 Å². The van der Waals surface area contributed by atoms with Crippen LogP contribution >= 0.6 is 0 Å². The molecule has 6 nitrogen and oxygen atoms in total. The lowest BCUT2D eigenvalue weighted by Gasteiger charge is -2.31. The van der Waals surface area contributed by atoms with Gasteiger partial charge in [0.25, 0.3) is 10.0 Å². The summed E-state index contributed by atoms with van der Waals surface area (Å²) in [5.74, 6) is 0.333. The number of para-hydroxylation sites is 1. The first kappa shape index (κ1) is 20.0. The predicted octanol–water partition coefficient (Wildman–Crippen LogP) is 3.37. The van der Waals surface area contributed by atoms with Crippen molar-refractivity contribution >= 4 is 21.6 Å². The third-order valence-electron chi connectivity index (χ3n) is 4.92. The summed E-state index contributed by atoms with van der Waals surface area (Å²) in [5.41, 5.74) is 3.08. The van der Waals surface area contributed by atoms with E-state index >= 15 is 0 Å². The normalized spacial score (nSPS) is 13.8. The van der Waals surface area contributed by atoms with Crippen LogP contribution < -0.4 is 14.4 Å². The van der Waals surface area contributed by atoms with Crippen LogP contribution in [0.4, 0.5) is 5.69 Å². The van der Waals surface area contributed by atoms with E-state index in [2.05, 4.69) is 5.32 Å². The number of anilines is 1. The largest absolute Gasteiger partial charge is 0.492 e. The van der Waals surface area contributed by atoms with E-state index in [4.69, 9.17) is 4.74 Å². The Morgan fingerprint density at radius 2 is 1.60 bits per heavy atom. The lowest BCUT2D eigenvalue weighted by molar-refractivity contribution is -0.119. The van der Waals surface area contributed by atoms with Crippen molar-refractivity contribution in [2.45, 2.75) is 11.8 Å². The molecule has 1 amide bonds. The molecule has 0 bridgehead atoms. The molecule has 0 radical (unpaired) electrons. The van der Waals surface area contributed by atoms with E-state index in [0.717, 1.165) is 16.9 Å². The molecule has 30 heavy (non-hydrogen) atoms. The number of carbonyl (C=O) groups excluding carboxylic acids is 1. The van der Waals surface area contributed by atoms with E-state index in [1.807, 2.05) is 49.4 Å². The average Bonchev–Trinajstić information content (AvgIpc) is 2.75. The van der Waals surface area contributed by atoms with E-state index in [-0.39, 0.29) is 23.9 Å². The van der Waals surface area contributed by atoms with Crippen molar-refractivity contribution in [3.05, 3.63) is 78.4 Å². The summed E-state index contributed by atoms with van der Waals surface area (Å²) in [5, 5.41) is 2.73. The molecular weight excluding hydrogens is 400 g/mol. The van der Waals surface area contributed by atoms with Crippen LogP contribution in [0.3, 0.4) is 0 Å². The maximum absolute atomic E-state index is 13.2. The molecule has 0 aliphatic carbocycles. The third-order valence-corrected chi connectivity index (χ3v) is 6.74. The summed E-state index contributed by atoms with van der Waals surface area (Å²) < 4.78 is 33.1. The molecule has 3 aromatic carbocycles. The number of hydrogen-bond donors (Lipinski definition) is 1. The monoisotopic (exact) mass is 422 g/mol. The first-order valence-corrected chi connectivity index (χ1v) is 11.1. The van der Waals surface area contributed by atoms with Crippen LogP contribution in [0.15, 0.2) is 77.7 Å². The molecule has 0 aromatic heterocycles. The summed E-state index contributed by atoms with van der Waals surface area (Å²) in [4.78, 5) is 12.7. The van der Waals surface area contributed by atoms with Gasteiger partial charge in [0, 0.05) is 11.1 Å². The lowest BCUT2D eigenvalue weighted by atomic mass is 10.0. The van der Waals surface area contributed by atoms with Crippen LogP contribution in [0, 0.1) is 6.92 Å². The molecule has 1 N–H and O–H groups in total. The summed E-state index contributed by atoms with van der Waals surface area (Å²) >= 11 is 0. The molecule has 3 aromatic rings. The highest BCUT2D eigenvalue weighted by atomic mass is 32.2. The molecule has 0 saturated heterocycles. The highest BCUT2D eigenvalue weighted by Gasteiger charge is 2.35. The number of hydrogen-bond acceptors (Lipinski definition) is 4. The molecule has 7 heteroatoms. The van der Waals surface area contributed by atoms with Gasteiger partial charge < -0.3 is 10.1 Å². The van der Waals surface area contributed by atoms with E-state index in [1.165, 1.54) is 4.31 Å². The Morgan fingerprint density at radius 1 is 0.933 bits per heavy atom. The van der Waals surface area contributed by atoms with Gasteiger partial charge in [-0.25, -0.2) is 8.42 Å². The number of sulfonamides is 1. The van der Waals surface area contributed by atoms with Gasteiger partial charge in [-0.05, 0) is 31.2 Å². The van der Waals surface area contributed by atoms with Crippen molar-refractivity contribution in [3.8, 4) is 16.9 Å². The quantitative estimate of drug-likeness (QED) is 0.618. The van der Waals surface area contributed by atoms with Gasteiger partial charge in [-0.2, -0.15) is 0 Å². The first-order chi connectivity index (χ1) is 14.5. The van der Waals surface area contributed by atoms with Crippen molar-refractivity contribution in [2.24, 2.45) is 0 Å². The molecule has 0 unspecified atom stereocenters. The summed E-state index contributed by atoms with van der Waals surface area (Å²) in [6.45, 7) is 2.27. The fraction of sp³-hybridized carbons (Fsp3) is 0.174. The number of ether oxygens (including phenoxy) is 1. The second-order valence-electron chi connectivity index (χ2n) is 7.04. The van der Waals surface area contributed by atoms with E-state index in [0.29, 0.717) is 17.9 Å². The van der Waals surface area contributed by atoms with Gasteiger partial charge >= 0.3 is 0 Å². The maximum atomic E-state index is 13.2. The van der Waals surface area contributed by atoms with Crippen LogP contribution in [0.1, 0.15) is 5.56 Å². The fourth-order valence-electron chi connectivity index (χ4n) is 3.43. The van der Waals surface area contributed by atoms with E-state index < -0.39 is 10.0 Å². The molecule has 0 atom stereocenters. The van der Waals surface area contributed by atoms with Crippen LogP contribution in [0.25, 0.3) is 11.1 Å². The first-order valence-electron chi connectivity index (χ1n) is 9.64. The number of fused-ring (bicyclic) bond motifs is 3. The lowest BCUT2D eigenvalue weighted by Crippen LogP contribution is -2.43. The topological polar surface area (TPSA) is 75.7 Å². The summed E-state index contributed by atoms with van der Waals surface area (Å²) in [7, 11) is -3.83. The minimum Gasteiger partial charge on any atom is -0.492 e. The maximum Gasteiger partial charge on any atom is 0.265 e. The molecule has 1 aliphatic rings. The average molecular weight is 423 g/mol. The minimum absolute atomic E-state index is 0.208. The SMILES string of the molecule is Cc1ccc(OCCNC(=O)CN2c3ccccc3-c3ccccc3S2(=O)=O)cc1. The van der Waals surface area contributed by atoms with Crippen LogP contribution in [-0.4, -0.2) is 34.0 Å². The molecule has 1 aliphatic heterocycles. The van der Waals surface area contributed by atoms with Gasteiger partial charge in [-0.1, -0.05) is 54.1 Å². The Labute approximate surface area is 176 Å². The van der Waals surface area contributed by atoms with Crippen LogP contribution in [-0.2, 0) is 14.8 Å². The number of carbonyl (C=O) groups is 1. The second-order valence-corrected chi connectivity index (χ2v) is 8.87. The highest BCUT2D eigenvalue weighted by Crippen LogP contribution is 2.42. The Hall–Kier alpha value is -3.32. The molecule has 0 fully saturated rings. The number of nitrogens with zero attached hydrogens (tertiary/aromatic N) is 1. The number of nitrogens with one attached hydrogen (secondary N) is 1. The molecule has 0 spiro atoms. The van der Waals surface area contributed by atoms with Gasteiger partial charge in [0.05, 0.1) is 17.1 Å². The highest BCUT2D eigenvalue weighted by molar-refractivity contribution is 7.93. The Kier molecular flexibility index (Phi) is 5.46. The van der Waals surface area contributed by atoms with Gasteiger partial charge in [0.15, 0.2) is 0 Å². The van der Waals surface area contributed by atoms with Crippen molar-refractivity contribution in [1.82, 2.24) is 5.32 Å². The van der Waals surface area contributed by atoms with Crippen molar-refractivity contribution in [1.29, 1.82) is 0 Å². The summed E-state index contributed by atoms with van der Waals surface area (Å²) in [6.07, 6.45) is 0. The van der Waals surface area contributed by atoms with Crippen molar-refractivity contribution < 1.29 is 17.9 Å². The molecule has 0 saturated carbocycles. The Balaban J connectivity index is 1.45. The number of benzene rings is 3. The predicted molar refractivity (Wildman–Crippen MR) is 116 cm³/mol. The standard InChI is InChI=1S/C23H22N2O4S/c1-17-10-12-18(13-11-17)29-15-14-24-23(26)16-25-21-8-4-2-6-19(21)20-7-3-5-9-22(20)30(25,27)28/h2-13H,14-16H2,1H3,(H,24,26). The van der Waals surface area contributed by atoms with Gasteiger partial charge in [-0.15, -0.1) is 0 Å². The zero-order chi connectivity index (χ0) is 21.1. The van der Waals surface area contributed by atoms with Crippen molar-refractivity contribution in [3.63, 3.8) is 0 Å². The summed E-state index contributed by atoms with van der Waals surface area (Å²) in [6, 6.07) is 21.7. The molecule has 154 valence electrons. The Morgan fingerprint density at radius 3 is 2.37 bits per heavy atom. The van der Waals surface area contributed by atoms with Gasteiger partial charge in [0.2, 0.25) is 5.91 Å². The Bertz CT molecular complexity index is 1170. The number of aryl methyl sites for hydroxylation is 1. The zero-order valence-corrected chi connectivity index (χ0v) is 17.4. The third kappa shape index (κ3) is 3.89. The zero-order valence-electron chi connectivity index (χ0n) is 16.5. The second kappa shape index (κ2) is 8.20. The smallest absolute Gasteiger partial charge is 0.265 e. The number of amides is 1. The van der Waals surface area contributed by atoms with Crippen molar-refractivity contribution in [2.75, 3.05) is 24.0 Å². The van der Waals surface area contributed by atoms with E-state index in [9.17, 15) is 13.2 Å². The van der Waals surface area contributed by atoms with Crippen LogP contribution in [0.5, 0.6) is 5.75 Å². The van der Waals surface area contributed by atoms with Gasteiger partial charge in [-0.3, -0.25) is 9.10 Å². The molecule has 4 rings (SSSR count). The fourth-order valence-corrected chi connectivity index (χ4v) is 5.08. The molecular formula is C23H22N2O4S. The number of rotatable bonds is 6.